The Labute approximate surface area is 103 Å². The molecule has 0 aliphatic rings. The zero-order valence-electron chi connectivity index (χ0n) is 9.86. The first kappa shape index (κ1) is 12.6. The van der Waals surface area contributed by atoms with Crippen molar-refractivity contribution in [3.63, 3.8) is 0 Å². The Hall–Kier alpha value is -1.82. The lowest BCUT2D eigenvalue weighted by molar-refractivity contribution is 0.355. The summed E-state index contributed by atoms with van der Waals surface area (Å²) in [4.78, 5) is 4.11. The molecule has 96 valence electrons. The molecule has 0 spiro atoms. The molecule has 1 aromatic heterocycles. The molecule has 0 radical (unpaired) electrons. The number of rotatable bonds is 4. The van der Waals surface area contributed by atoms with E-state index in [0.717, 1.165) is 18.2 Å². The van der Waals surface area contributed by atoms with Gasteiger partial charge >= 0.3 is 0 Å². The number of nitrogens with two attached hydrogens (primary N) is 1. The highest BCUT2D eigenvalue weighted by Crippen LogP contribution is 2.22. The van der Waals surface area contributed by atoms with Crippen molar-refractivity contribution >= 4 is 0 Å². The molecule has 2 N–H and O–H groups in total. The Morgan fingerprint density at radius 2 is 1.94 bits per heavy atom. The van der Waals surface area contributed by atoms with Gasteiger partial charge in [-0.05, 0) is 25.1 Å². The van der Waals surface area contributed by atoms with E-state index in [-0.39, 0.29) is 17.3 Å². The van der Waals surface area contributed by atoms with Crippen LogP contribution in [0.3, 0.4) is 0 Å². The predicted molar refractivity (Wildman–Crippen MR) is 61.7 cm³/mol. The van der Waals surface area contributed by atoms with Crippen LogP contribution in [-0.4, -0.2) is 16.7 Å². The van der Waals surface area contributed by atoms with Crippen molar-refractivity contribution in [2.75, 3.05) is 6.54 Å². The number of benzene rings is 1. The summed E-state index contributed by atoms with van der Waals surface area (Å²) in [5, 5.41) is 3.71. The smallest absolute Gasteiger partial charge is 0.229 e. The van der Waals surface area contributed by atoms with Crippen molar-refractivity contribution in [2.24, 2.45) is 5.73 Å². The molecule has 6 heteroatoms. The van der Waals surface area contributed by atoms with Crippen LogP contribution in [0.1, 0.15) is 25.2 Å². The summed E-state index contributed by atoms with van der Waals surface area (Å²) in [6.45, 7) is 2.41. The normalized spacial score (nSPS) is 12.7. The second-order valence-electron chi connectivity index (χ2n) is 4.09. The highest BCUT2D eigenvalue weighted by atomic mass is 19.1. The van der Waals surface area contributed by atoms with Crippen molar-refractivity contribution in [3.05, 3.63) is 35.7 Å². The van der Waals surface area contributed by atoms with E-state index in [1.54, 1.807) is 0 Å². The molecule has 2 aromatic rings. The molecule has 18 heavy (non-hydrogen) atoms. The predicted octanol–water partition coefficient (Wildman–Crippen LogP) is 2.47. The monoisotopic (exact) mass is 253 g/mol. The van der Waals surface area contributed by atoms with Gasteiger partial charge in [0.05, 0.1) is 0 Å². The number of nitrogens with zero attached hydrogens (tertiary/aromatic N) is 2. The maximum atomic E-state index is 13.1. The zero-order chi connectivity index (χ0) is 13.1. The maximum Gasteiger partial charge on any atom is 0.229 e. The van der Waals surface area contributed by atoms with E-state index in [4.69, 9.17) is 10.3 Å². The Kier molecular flexibility index (Phi) is 3.66. The first-order valence-electron chi connectivity index (χ1n) is 5.60. The van der Waals surface area contributed by atoms with Crippen LogP contribution in [0.25, 0.3) is 11.4 Å². The molecular formula is C12H13F2N3O. The second-order valence-corrected chi connectivity index (χ2v) is 4.09. The molecule has 0 saturated carbocycles. The van der Waals surface area contributed by atoms with Gasteiger partial charge < -0.3 is 10.3 Å². The highest BCUT2D eigenvalue weighted by Gasteiger charge is 2.15. The second kappa shape index (κ2) is 5.22. The number of hydrogen-bond acceptors (Lipinski definition) is 4. The van der Waals surface area contributed by atoms with Gasteiger partial charge in [-0.15, -0.1) is 0 Å². The summed E-state index contributed by atoms with van der Waals surface area (Å²) < 4.78 is 31.2. The molecular weight excluding hydrogens is 240 g/mol. The van der Waals surface area contributed by atoms with E-state index < -0.39 is 11.6 Å². The van der Waals surface area contributed by atoms with Crippen LogP contribution in [0.4, 0.5) is 8.78 Å². The Morgan fingerprint density at radius 3 is 2.56 bits per heavy atom. The molecule has 1 heterocycles. The summed E-state index contributed by atoms with van der Waals surface area (Å²) in [5.41, 5.74) is 5.69. The van der Waals surface area contributed by atoms with E-state index in [0.29, 0.717) is 18.9 Å². The number of hydrogen-bond donors (Lipinski definition) is 1. The molecule has 0 fully saturated rings. The van der Waals surface area contributed by atoms with Gasteiger partial charge in [0.15, 0.2) is 0 Å². The van der Waals surface area contributed by atoms with Crippen molar-refractivity contribution in [1.29, 1.82) is 0 Å². The van der Waals surface area contributed by atoms with Gasteiger partial charge in [-0.25, -0.2) is 8.78 Å². The van der Waals surface area contributed by atoms with Crippen LogP contribution < -0.4 is 5.73 Å². The van der Waals surface area contributed by atoms with Crippen LogP contribution in [0, 0.1) is 11.6 Å². The summed E-state index contributed by atoms with van der Waals surface area (Å²) >= 11 is 0. The average Bonchev–Trinajstić information content (AvgIpc) is 2.77. The zero-order valence-corrected chi connectivity index (χ0v) is 9.86. The van der Waals surface area contributed by atoms with E-state index in [1.807, 2.05) is 6.92 Å². The third-order valence-corrected chi connectivity index (χ3v) is 2.58. The van der Waals surface area contributed by atoms with Gasteiger partial charge in [0.2, 0.25) is 11.7 Å². The first-order chi connectivity index (χ1) is 8.60. The fraction of sp³-hybridized carbons (Fsp3) is 0.333. The standard InChI is InChI=1S/C12H13F2N3O/c1-7(2-3-15)12-16-11(17-18-12)8-4-9(13)6-10(14)5-8/h4-7H,2-3,15H2,1H3. The minimum Gasteiger partial charge on any atom is -0.339 e. The number of halogens is 2. The topological polar surface area (TPSA) is 64.9 Å². The van der Waals surface area contributed by atoms with Gasteiger partial charge in [0, 0.05) is 17.5 Å². The SMILES string of the molecule is CC(CCN)c1nc(-c2cc(F)cc(F)c2)no1. The van der Waals surface area contributed by atoms with E-state index in [2.05, 4.69) is 10.1 Å². The van der Waals surface area contributed by atoms with Crippen LogP contribution in [-0.2, 0) is 0 Å². The van der Waals surface area contributed by atoms with E-state index >= 15 is 0 Å². The molecule has 2 rings (SSSR count). The Balaban J connectivity index is 2.29. The Morgan fingerprint density at radius 1 is 1.28 bits per heavy atom. The minimum absolute atomic E-state index is 0.0228. The third-order valence-electron chi connectivity index (χ3n) is 2.58. The molecule has 0 amide bonds. The van der Waals surface area contributed by atoms with Gasteiger partial charge in [0.1, 0.15) is 11.6 Å². The molecule has 1 unspecified atom stereocenters. The molecule has 0 saturated heterocycles. The largest absolute Gasteiger partial charge is 0.339 e. The lowest BCUT2D eigenvalue weighted by Gasteiger charge is -2.01. The number of aromatic nitrogens is 2. The Bertz CT molecular complexity index is 522. The minimum atomic E-state index is -0.675. The van der Waals surface area contributed by atoms with Crippen molar-refractivity contribution in [1.82, 2.24) is 10.1 Å². The molecule has 1 aromatic carbocycles. The van der Waals surface area contributed by atoms with E-state index in [1.165, 1.54) is 0 Å². The van der Waals surface area contributed by atoms with Crippen LogP contribution >= 0.6 is 0 Å². The third kappa shape index (κ3) is 2.70. The van der Waals surface area contributed by atoms with Gasteiger partial charge in [-0.2, -0.15) is 4.98 Å². The molecule has 0 aliphatic carbocycles. The van der Waals surface area contributed by atoms with E-state index in [9.17, 15) is 8.78 Å². The maximum absolute atomic E-state index is 13.1. The molecule has 1 atom stereocenters. The molecule has 0 bridgehead atoms. The fourth-order valence-electron chi connectivity index (χ4n) is 1.61. The highest BCUT2D eigenvalue weighted by molar-refractivity contribution is 5.54. The molecule has 4 nitrogen and oxygen atoms in total. The summed E-state index contributed by atoms with van der Waals surface area (Å²) in [7, 11) is 0. The first-order valence-corrected chi connectivity index (χ1v) is 5.60. The lowest BCUT2D eigenvalue weighted by atomic mass is 10.1. The molecule has 0 aliphatic heterocycles. The van der Waals surface area contributed by atoms with Gasteiger partial charge in [-0.3, -0.25) is 0 Å². The van der Waals surface area contributed by atoms with Crippen molar-refractivity contribution in [3.8, 4) is 11.4 Å². The summed E-state index contributed by atoms with van der Waals surface area (Å²) in [6, 6.07) is 3.11. The van der Waals surface area contributed by atoms with Gasteiger partial charge in [-0.1, -0.05) is 12.1 Å². The van der Waals surface area contributed by atoms with Crippen LogP contribution in [0.5, 0.6) is 0 Å². The lowest BCUT2D eigenvalue weighted by Crippen LogP contribution is -2.04. The van der Waals surface area contributed by atoms with Crippen molar-refractivity contribution in [2.45, 2.75) is 19.3 Å². The fourth-order valence-corrected chi connectivity index (χ4v) is 1.61. The summed E-state index contributed by atoms with van der Waals surface area (Å²) in [6.07, 6.45) is 0.707. The van der Waals surface area contributed by atoms with Crippen LogP contribution in [0.15, 0.2) is 22.7 Å². The van der Waals surface area contributed by atoms with Crippen LogP contribution in [0.2, 0.25) is 0 Å². The van der Waals surface area contributed by atoms with Gasteiger partial charge in [0.25, 0.3) is 0 Å². The quantitative estimate of drug-likeness (QED) is 0.909. The average molecular weight is 253 g/mol. The summed E-state index contributed by atoms with van der Waals surface area (Å²) in [5.74, 6) is -0.736. The van der Waals surface area contributed by atoms with Crippen molar-refractivity contribution < 1.29 is 13.3 Å².